The van der Waals surface area contributed by atoms with Gasteiger partial charge in [0.2, 0.25) is 0 Å². The number of carboxylic acid groups (broad SMARTS) is 1. The molecule has 1 aromatic rings. The number of hydrogen-bond acceptors (Lipinski definition) is 3. The first-order valence-corrected chi connectivity index (χ1v) is 6.79. The average molecular weight is 272 g/mol. The summed E-state index contributed by atoms with van der Waals surface area (Å²) in [5.74, 6) is -2.63. The Labute approximate surface area is 105 Å². The second-order valence-corrected chi connectivity index (χ2v) is 6.08. The van der Waals surface area contributed by atoms with Gasteiger partial charge in [-0.05, 0) is 31.5 Å². The highest BCUT2D eigenvalue weighted by atomic mass is 32.2. The van der Waals surface area contributed by atoms with Crippen LogP contribution in [0.2, 0.25) is 0 Å². The van der Waals surface area contributed by atoms with Gasteiger partial charge in [-0.2, -0.15) is 0 Å². The molecule has 0 aromatic heterocycles. The molecule has 1 aromatic carbocycles. The van der Waals surface area contributed by atoms with Crippen molar-refractivity contribution in [1.29, 1.82) is 0 Å². The van der Waals surface area contributed by atoms with Crippen LogP contribution in [-0.2, 0) is 9.84 Å². The molecule has 0 aliphatic heterocycles. The summed E-state index contributed by atoms with van der Waals surface area (Å²) < 4.78 is 36.9. The molecule has 18 heavy (non-hydrogen) atoms. The Kier molecular flexibility index (Phi) is 4.24. The van der Waals surface area contributed by atoms with Crippen LogP contribution < -0.4 is 0 Å². The van der Waals surface area contributed by atoms with Crippen LogP contribution in [0.4, 0.5) is 4.39 Å². The molecule has 6 heteroatoms. The summed E-state index contributed by atoms with van der Waals surface area (Å²) in [5, 5.41) is 8.73. The van der Waals surface area contributed by atoms with E-state index < -0.39 is 27.2 Å². The highest BCUT2D eigenvalue weighted by molar-refractivity contribution is 7.91. The first-order chi connectivity index (χ1) is 8.24. The molecular formula is C12H13FO4S. The summed E-state index contributed by atoms with van der Waals surface area (Å²) in [4.78, 5) is 10.5. The van der Waals surface area contributed by atoms with Crippen LogP contribution in [0.1, 0.15) is 23.7 Å². The van der Waals surface area contributed by atoms with E-state index in [2.05, 4.69) is 6.58 Å². The zero-order valence-electron chi connectivity index (χ0n) is 9.81. The van der Waals surface area contributed by atoms with Gasteiger partial charge in [-0.3, -0.25) is 0 Å². The van der Waals surface area contributed by atoms with Crippen LogP contribution in [-0.4, -0.2) is 25.2 Å². The van der Waals surface area contributed by atoms with Crippen molar-refractivity contribution in [3.05, 3.63) is 41.7 Å². The quantitative estimate of drug-likeness (QED) is 0.659. The lowest BCUT2D eigenvalue weighted by atomic mass is 10.2. The molecule has 98 valence electrons. The number of benzene rings is 1. The van der Waals surface area contributed by atoms with Crippen molar-refractivity contribution in [2.24, 2.45) is 0 Å². The third kappa shape index (κ3) is 3.40. The maximum absolute atomic E-state index is 13.1. The zero-order valence-corrected chi connectivity index (χ0v) is 10.6. The Bertz CT molecular complexity index is 590. The highest BCUT2D eigenvalue weighted by Gasteiger charge is 2.18. The third-order valence-electron chi connectivity index (χ3n) is 2.32. The lowest BCUT2D eigenvalue weighted by Crippen LogP contribution is -2.09. The number of hydrogen-bond donors (Lipinski definition) is 1. The van der Waals surface area contributed by atoms with Gasteiger partial charge in [-0.25, -0.2) is 17.6 Å². The number of aromatic carboxylic acids is 1. The number of sulfone groups is 1. The van der Waals surface area contributed by atoms with Gasteiger partial charge in [-0.15, -0.1) is 6.58 Å². The van der Waals surface area contributed by atoms with Crippen molar-refractivity contribution in [3.63, 3.8) is 0 Å². The fraction of sp³-hybridized carbons (Fsp3) is 0.250. The molecule has 1 rings (SSSR count). The van der Waals surface area contributed by atoms with Crippen molar-refractivity contribution in [2.45, 2.75) is 18.2 Å². The van der Waals surface area contributed by atoms with Gasteiger partial charge in [0.15, 0.2) is 9.84 Å². The minimum Gasteiger partial charge on any atom is -0.478 e. The van der Waals surface area contributed by atoms with Gasteiger partial charge < -0.3 is 5.11 Å². The first kappa shape index (κ1) is 14.4. The maximum atomic E-state index is 13.1. The van der Waals surface area contributed by atoms with E-state index in [0.29, 0.717) is 5.57 Å². The summed E-state index contributed by atoms with van der Waals surface area (Å²) in [7, 11) is -3.62. The zero-order chi connectivity index (χ0) is 13.9. The highest BCUT2D eigenvalue weighted by Crippen LogP contribution is 2.18. The second-order valence-electron chi connectivity index (χ2n) is 3.97. The Hall–Kier alpha value is -1.69. The van der Waals surface area contributed by atoms with Gasteiger partial charge in [0, 0.05) is 0 Å². The molecule has 0 saturated heterocycles. The average Bonchev–Trinajstić information content (AvgIpc) is 2.26. The van der Waals surface area contributed by atoms with E-state index in [1.54, 1.807) is 6.92 Å². The van der Waals surface area contributed by atoms with Crippen molar-refractivity contribution in [2.75, 3.05) is 5.75 Å². The fourth-order valence-corrected chi connectivity index (χ4v) is 2.71. The van der Waals surface area contributed by atoms with Crippen molar-refractivity contribution in [3.8, 4) is 0 Å². The minimum absolute atomic E-state index is 0.174. The van der Waals surface area contributed by atoms with Crippen LogP contribution in [0.25, 0.3) is 0 Å². The summed E-state index contributed by atoms with van der Waals surface area (Å²) >= 11 is 0. The fourth-order valence-electron chi connectivity index (χ4n) is 1.29. The molecule has 0 radical (unpaired) electrons. The van der Waals surface area contributed by atoms with Crippen LogP contribution in [0.5, 0.6) is 0 Å². The molecule has 0 aliphatic carbocycles. The molecule has 0 heterocycles. The molecule has 0 aliphatic rings. The standard InChI is InChI=1S/C12H13FO4S/c1-8(2)5-6-18(16,17)9-3-4-11(13)10(7-9)12(14)15/h3-4,7H,1,5-6H2,2H3,(H,14,15). The molecule has 0 fully saturated rings. The third-order valence-corrected chi connectivity index (χ3v) is 4.04. The number of carboxylic acids is 1. The van der Waals surface area contributed by atoms with E-state index in [1.165, 1.54) is 0 Å². The van der Waals surface area contributed by atoms with E-state index in [-0.39, 0.29) is 17.1 Å². The molecule has 4 nitrogen and oxygen atoms in total. The molecule has 0 bridgehead atoms. The van der Waals surface area contributed by atoms with Gasteiger partial charge in [0.25, 0.3) is 0 Å². The number of rotatable bonds is 5. The van der Waals surface area contributed by atoms with Crippen LogP contribution in [0.3, 0.4) is 0 Å². The molecule has 0 spiro atoms. The van der Waals surface area contributed by atoms with Gasteiger partial charge in [0.1, 0.15) is 5.82 Å². The maximum Gasteiger partial charge on any atom is 0.338 e. The SMILES string of the molecule is C=C(C)CCS(=O)(=O)c1ccc(F)c(C(=O)O)c1. The smallest absolute Gasteiger partial charge is 0.338 e. The van der Waals surface area contributed by atoms with Crippen LogP contribution >= 0.6 is 0 Å². The first-order valence-electron chi connectivity index (χ1n) is 5.14. The number of carbonyl (C=O) groups is 1. The van der Waals surface area contributed by atoms with E-state index in [0.717, 1.165) is 18.2 Å². The van der Waals surface area contributed by atoms with Crippen molar-refractivity contribution in [1.82, 2.24) is 0 Å². The molecule has 0 unspecified atom stereocenters. The normalized spacial score (nSPS) is 11.2. The van der Waals surface area contributed by atoms with Gasteiger partial charge in [-0.1, -0.05) is 5.57 Å². The summed E-state index contributed by atoms with van der Waals surface area (Å²) in [6.45, 7) is 5.29. The number of allylic oxidation sites excluding steroid dienone is 1. The van der Waals surface area contributed by atoms with Crippen molar-refractivity contribution < 1.29 is 22.7 Å². The summed E-state index contributed by atoms with van der Waals surface area (Å²) in [6.07, 6.45) is 0.280. The molecule has 0 saturated carbocycles. The Balaban J connectivity index is 3.14. The number of halogens is 1. The van der Waals surface area contributed by atoms with E-state index in [4.69, 9.17) is 5.11 Å². The molecule has 0 atom stereocenters. The van der Waals surface area contributed by atoms with Gasteiger partial charge in [0.05, 0.1) is 16.2 Å². The summed E-state index contributed by atoms with van der Waals surface area (Å²) in [6, 6.07) is 2.75. The monoisotopic (exact) mass is 272 g/mol. The Morgan fingerprint density at radius 1 is 1.44 bits per heavy atom. The van der Waals surface area contributed by atoms with Gasteiger partial charge >= 0.3 is 5.97 Å². The lowest BCUT2D eigenvalue weighted by Gasteiger charge is -2.06. The largest absolute Gasteiger partial charge is 0.478 e. The van der Waals surface area contributed by atoms with E-state index in [9.17, 15) is 17.6 Å². The molecular weight excluding hydrogens is 259 g/mol. The topological polar surface area (TPSA) is 71.4 Å². The predicted molar refractivity (Wildman–Crippen MR) is 64.8 cm³/mol. The van der Waals surface area contributed by atoms with Crippen LogP contribution in [0.15, 0.2) is 35.2 Å². The molecule has 1 N–H and O–H groups in total. The van der Waals surface area contributed by atoms with Crippen molar-refractivity contribution >= 4 is 15.8 Å². The van der Waals surface area contributed by atoms with E-state index in [1.807, 2.05) is 0 Å². The Morgan fingerprint density at radius 2 is 2.06 bits per heavy atom. The molecule has 0 amide bonds. The second kappa shape index (κ2) is 5.30. The lowest BCUT2D eigenvalue weighted by molar-refractivity contribution is 0.0691. The Morgan fingerprint density at radius 3 is 2.56 bits per heavy atom. The minimum atomic E-state index is -3.62. The predicted octanol–water partition coefficient (Wildman–Crippen LogP) is 2.26. The summed E-state index contributed by atoms with van der Waals surface area (Å²) in [5.41, 5.74) is 0.0607. The van der Waals surface area contributed by atoms with E-state index >= 15 is 0 Å². The van der Waals surface area contributed by atoms with Crippen LogP contribution in [0, 0.1) is 5.82 Å².